The number of nitrogens with zero attached hydrogens (tertiary/aromatic N) is 2. The monoisotopic (exact) mass is 499 g/mol. The molecule has 1 aromatic heterocycles. The van der Waals surface area contributed by atoms with Crippen LogP contribution in [0.5, 0.6) is 5.75 Å². The molecule has 1 saturated heterocycles. The number of halogens is 1. The maximum atomic E-state index is 9.98. The van der Waals surface area contributed by atoms with Crippen LogP contribution in [0.25, 0.3) is 17.5 Å². The fraction of sp³-hybridized carbons (Fsp3) is 0.423. The molecule has 2 heterocycles. The minimum atomic E-state index is 0.227. The van der Waals surface area contributed by atoms with Crippen molar-refractivity contribution in [1.29, 1.82) is 5.26 Å². The Balaban J connectivity index is 0.00000176. The van der Waals surface area contributed by atoms with Gasteiger partial charge in [0.15, 0.2) is 0 Å². The number of methoxy groups -OCH3 is 1. The fourth-order valence-corrected chi connectivity index (χ4v) is 4.89. The van der Waals surface area contributed by atoms with E-state index >= 15 is 0 Å². The number of nitrogen functional groups attached to an aromatic ring is 1. The molecule has 1 aliphatic rings. The highest BCUT2D eigenvalue weighted by Gasteiger charge is 2.24. The Labute approximate surface area is 200 Å². The van der Waals surface area contributed by atoms with Gasteiger partial charge in [0.1, 0.15) is 29.0 Å². The molecule has 0 atom stereocenters. The van der Waals surface area contributed by atoms with Gasteiger partial charge in [0, 0.05) is 10.8 Å². The summed E-state index contributed by atoms with van der Waals surface area (Å²) in [6.07, 6.45) is 3.85. The molecule has 2 aromatic rings. The third kappa shape index (κ3) is 4.59. The summed E-state index contributed by atoms with van der Waals surface area (Å²) < 4.78 is 14.6. The van der Waals surface area contributed by atoms with Crippen LogP contribution in [0.1, 0.15) is 57.2 Å². The van der Waals surface area contributed by atoms with Gasteiger partial charge in [0.2, 0.25) is 0 Å². The van der Waals surface area contributed by atoms with Crippen LogP contribution in [-0.4, -0.2) is 18.3 Å². The second kappa shape index (κ2) is 10.8. The van der Waals surface area contributed by atoms with Crippen LogP contribution in [0.4, 0.5) is 5.82 Å². The first kappa shape index (κ1) is 25.6. The molecule has 3 rings (SSSR count). The number of ether oxygens (including phenoxy) is 2. The van der Waals surface area contributed by atoms with E-state index in [-0.39, 0.29) is 5.92 Å². The lowest BCUT2D eigenvalue weighted by atomic mass is 10.0. The molecule has 0 unspecified atom stereocenters. The van der Waals surface area contributed by atoms with Gasteiger partial charge >= 0.3 is 0 Å². The average molecular weight is 500 g/mol. The number of aryl methyl sites for hydroxylation is 1. The quantitative estimate of drug-likeness (QED) is 0.625. The van der Waals surface area contributed by atoms with Crippen LogP contribution in [0.2, 0.25) is 0 Å². The van der Waals surface area contributed by atoms with Gasteiger partial charge in [-0.1, -0.05) is 40.3 Å². The maximum Gasteiger partial charge on any atom is 0.146 e. The highest BCUT2D eigenvalue weighted by molar-refractivity contribution is 9.10. The third-order valence-electron chi connectivity index (χ3n) is 5.32. The molecule has 172 valence electrons. The van der Waals surface area contributed by atoms with Gasteiger partial charge in [0.25, 0.3) is 0 Å². The van der Waals surface area contributed by atoms with Crippen molar-refractivity contribution in [2.75, 3.05) is 19.5 Å². The van der Waals surface area contributed by atoms with Gasteiger partial charge in [-0.15, -0.1) is 0 Å². The molecule has 0 radical (unpaired) electrons. The van der Waals surface area contributed by atoms with Crippen LogP contribution in [-0.2, 0) is 4.74 Å². The Hall–Kier alpha value is -2.65. The molecular formula is C26H34BrN3O2. The van der Waals surface area contributed by atoms with Crippen molar-refractivity contribution in [3.8, 4) is 17.5 Å². The smallest absolute Gasteiger partial charge is 0.146 e. The van der Waals surface area contributed by atoms with E-state index in [0.717, 1.165) is 56.0 Å². The van der Waals surface area contributed by atoms with E-state index in [0.29, 0.717) is 23.7 Å². The number of rotatable bonds is 3. The van der Waals surface area contributed by atoms with Crippen molar-refractivity contribution in [2.24, 2.45) is 5.92 Å². The highest BCUT2D eigenvalue weighted by Crippen LogP contribution is 2.36. The van der Waals surface area contributed by atoms with Gasteiger partial charge in [-0.2, -0.15) is 5.26 Å². The van der Waals surface area contributed by atoms with Crippen molar-refractivity contribution < 1.29 is 9.47 Å². The van der Waals surface area contributed by atoms with Gasteiger partial charge in [0.05, 0.1) is 29.2 Å². The summed E-state index contributed by atoms with van der Waals surface area (Å²) in [4.78, 5) is 0. The highest BCUT2D eigenvalue weighted by atomic mass is 79.9. The lowest BCUT2D eigenvalue weighted by molar-refractivity contribution is 0.247. The first-order valence-corrected chi connectivity index (χ1v) is 11.8. The summed E-state index contributed by atoms with van der Waals surface area (Å²) in [5.41, 5.74) is 10.8. The topological polar surface area (TPSA) is 73.2 Å². The molecule has 1 fully saturated rings. The van der Waals surface area contributed by atoms with Crippen LogP contribution in [0.15, 0.2) is 22.7 Å². The summed E-state index contributed by atoms with van der Waals surface area (Å²) in [5, 5.41) is 11.6. The van der Waals surface area contributed by atoms with Crippen molar-refractivity contribution in [3.05, 3.63) is 49.9 Å². The van der Waals surface area contributed by atoms with E-state index in [4.69, 9.17) is 15.2 Å². The standard InChI is InChI=1S/C24H28BrN3O2.C2H6/c1-13(2)10-17-18(12-26)24(27)28(21(17)22-14(3)8-7-9-30-22)20-15(4)11-19(25)23(29-6)16(20)5;1-2/h10-11,13H,3,7-9,27H2,1-2,4-6H3;1-2H3/b17-10-,22-21-;. The lowest BCUT2D eigenvalue weighted by Crippen LogP contribution is -2.35. The van der Waals surface area contributed by atoms with Gasteiger partial charge in [-0.25, -0.2) is 0 Å². The largest absolute Gasteiger partial charge is 0.495 e. The molecule has 2 N–H and O–H groups in total. The molecule has 0 amide bonds. The molecule has 1 aliphatic heterocycles. The maximum absolute atomic E-state index is 9.98. The predicted molar refractivity (Wildman–Crippen MR) is 136 cm³/mol. The molecule has 0 bridgehead atoms. The second-order valence-electron chi connectivity index (χ2n) is 7.95. The number of hydrogen-bond acceptors (Lipinski definition) is 4. The number of nitriles is 1. The Bertz CT molecular complexity index is 1180. The van der Waals surface area contributed by atoms with Crippen molar-refractivity contribution in [1.82, 2.24) is 4.57 Å². The minimum absolute atomic E-state index is 0.227. The van der Waals surface area contributed by atoms with Crippen LogP contribution < -0.4 is 21.0 Å². The molecule has 6 heteroatoms. The summed E-state index contributed by atoms with van der Waals surface area (Å²) >= 11 is 3.59. The normalized spacial score (nSPS) is 15.8. The van der Waals surface area contributed by atoms with Crippen molar-refractivity contribution in [3.63, 3.8) is 0 Å². The Morgan fingerprint density at radius 1 is 1.34 bits per heavy atom. The van der Waals surface area contributed by atoms with Gasteiger partial charge in [-0.05, 0) is 65.7 Å². The van der Waals surface area contributed by atoms with E-state index in [1.54, 1.807) is 7.11 Å². The van der Waals surface area contributed by atoms with Gasteiger partial charge in [-0.3, -0.25) is 4.57 Å². The minimum Gasteiger partial charge on any atom is -0.495 e. The first-order chi connectivity index (χ1) is 15.2. The van der Waals surface area contributed by atoms with E-state index in [9.17, 15) is 5.26 Å². The number of hydrogen-bond donors (Lipinski definition) is 1. The van der Waals surface area contributed by atoms with Crippen molar-refractivity contribution in [2.45, 2.75) is 54.4 Å². The zero-order chi connectivity index (χ0) is 24.2. The zero-order valence-corrected chi connectivity index (χ0v) is 21.8. The molecule has 0 spiro atoms. The van der Waals surface area contributed by atoms with Crippen LogP contribution in [0.3, 0.4) is 0 Å². The third-order valence-corrected chi connectivity index (χ3v) is 5.91. The number of anilines is 1. The number of nitrogens with two attached hydrogens (primary N) is 1. The van der Waals surface area contributed by atoms with E-state index in [1.807, 2.05) is 38.3 Å². The van der Waals surface area contributed by atoms with E-state index < -0.39 is 0 Å². The summed E-state index contributed by atoms with van der Waals surface area (Å²) in [5.74, 6) is 2.06. The molecule has 1 aromatic carbocycles. The zero-order valence-electron chi connectivity index (χ0n) is 20.2. The number of benzene rings is 1. The SMILES string of the molecule is C=C1CCCO/C1=c1/c(=C\C(C)C)c(C#N)c(N)n1-c1c(C)cc(Br)c(OC)c1C.CC. The molecule has 5 nitrogen and oxygen atoms in total. The summed E-state index contributed by atoms with van der Waals surface area (Å²) in [7, 11) is 1.64. The average Bonchev–Trinajstić information content (AvgIpc) is 3.00. The molecular weight excluding hydrogens is 466 g/mol. The summed E-state index contributed by atoms with van der Waals surface area (Å²) in [6.45, 7) is 17.0. The van der Waals surface area contributed by atoms with Gasteiger partial charge < -0.3 is 15.2 Å². The summed E-state index contributed by atoms with van der Waals surface area (Å²) in [6, 6.07) is 4.32. The number of aromatic nitrogens is 1. The van der Waals surface area contributed by atoms with E-state index in [2.05, 4.69) is 48.5 Å². The Kier molecular flexibility index (Phi) is 8.63. The predicted octanol–water partition coefficient (Wildman–Crippen LogP) is 5.26. The van der Waals surface area contributed by atoms with Crippen molar-refractivity contribution >= 4 is 33.6 Å². The Morgan fingerprint density at radius 3 is 2.53 bits per heavy atom. The molecule has 32 heavy (non-hydrogen) atoms. The fourth-order valence-electron chi connectivity index (χ4n) is 4.09. The van der Waals surface area contributed by atoms with E-state index in [1.165, 1.54) is 0 Å². The lowest BCUT2D eigenvalue weighted by Gasteiger charge is -2.22. The Morgan fingerprint density at radius 2 is 2.00 bits per heavy atom. The first-order valence-electron chi connectivity index (χ1n) is 11.0. The second-order valence-corrected chi connectivity index (χ2v) is 8.80. The van der Waals surface area contributed by atoms with Crippen LogP contribution >= 0.6 is 15.9 Å². The van der Waals surface area contributed by atoms with Crippen LogP contribution in [0, 0.1) is 31.1 Å². The molecule has 0 aliphatic carbocycles. The molecule has 0 saturated carbocycles.